The number of nitrogens with one attached hydrogen (secondary N) is 1. The van der Waals surface area contributed by atoms with Crippen molar-refractivity contribution in [3.8, 4) is 0 Å². The highest BCUT2D eigenvalue weighted by atomic mass is 15.1. The first-order chi connectivity index (χ1) is 8.19. The van der Waals surface area contributed by atoms with E-state index < -0.39 is 0 Å². The molecule has 0 aliphatic rings. The highest BCUT2D eigenvalue weighted by Crippen LogP contribution is 2.15. The van der Waals surface area contributed by atoms with Crippen LogP contribution in [0.4, 0.5) is 5.69 Å². The second-order valence-electron chi connectivity index (χ2n) is 4.29. The molecule has 1 unspecified atom stereocenters. The molecule has 0 saturated carbocycles. The first-order valence-electron chi connectivity index (χ1n) is 6.20. The first-order valence-corrected chi connectivity index (χ1v) is 6.20. The molecule has 0 spiro atoms. The monoisotopic (exact) mass is 233 g/mol. The molecule has 1 aromatic heterocycles. The molecule has 0 saturated heterocycles. The summed E-state index contributed by atoms with van der Waals surface area (Å²) in [6, 6.07) is 4.51. The predicted molar refractivity (Wildman–Crippen MR) is 74.4 cm³/mol. The van der Waals surface area contributed by atoms with Crippen molar-refractivity contribution in [1.82, 2.24) is 10.3 Å². The maximum Gasteiger partial charge on any atom is 0.0572 e. The summed E-state index contributed by atoms with van der Waals surface area (Å²) in [6.07, 6.45) is 4.95. The molecule has 0 fully saturated rings. The van der Waals surface area contributed by atoms with E-state index in [1.165, 1.54) is 0 Å². The number of nitrogens with zero attached hydrogens (tertiary/aromatic N) is 2. The van der Waals surface area contributed by atoms with E-state index >= 15 is 0 Å². The van der Waals surface area contributed by atoms with Crippen LogP contribution in [0.3, 0.4) is 0 Å². The minimum atomic E-state index is 0.314. The zero-order valence-corrected chi connectivity index (χ0v) is 11.1. The van der Waals surface area contributed by atoms with Crippen molar-refractivity contribution in [1.29, 1.82) is 0 Å². The molecule has 1 atom stereocenters. The van der Waals surface area contributed by atoms with Gasteiger partial charge in [-0.15, -0.1) is 6.58 Å². The minimum Gasteiger partial charge on any atom is -0.370 e. The van der Waals surface area contributed by atoms with Gasteiger partial charge in [-0.3, -0.25) is 4.98 Å². The van der Waals surface area contributed by atoms with Gasteiger partial charge in [-0.2, -0.15) is 0 Å². The molecule has 94 valence electrons. The van der Waals surface area contributed by atoms with Gasteiger partial charge in [-0.1, -0.05) is 13.0 Å². The summed E-state index contributed by atoms with van der Waals surface area (Å²) in [5, 5.41) is 3.43. The van der Waals surface area contributed by atoms with Gasteiger partial charge >= 0.3 is 0 Å². The largest absolute Gasteiger partial charge is 0.370 e. The molecule has 1 N–H and O–H groups in total. The number of rotatable bonds is 7. The minimum absolute atomic E-state index is 0.314. The maximum absolute atomic E-state index is 4.50. The number of likely N-dealkylation sites (N-methyl/N-ethyl adjacent to an activating group) is 1. The molecule has 0 aliphatic carbocycles. The summed E-state index contributed by atoms with van der Waals surface area (Å²) in [5.41, 5.74) is 2.21. The Balaban J connectivity index is 2.63. The lowest BCUT2D eigenvalue weighted by Crippen LogP contribution is -2.21. The van der Waals surface area contributed by atoms with Crippen LogP contribution in [0.2, 0.25) is 0 Å². The van der Waals surface area contributed by atoms with Crippen molar-refractivity contribution in [2.45, 2.75) is 26.3 Å². The Morgan fingerprint density at radius 2 is 2.29 bits per heavy atom. The summed E-state index contributed by atoms with van der Waals surface area (Å²) in [5.74, 6) is 0. The van der Waals surface area contributed by atoms with Gasteiger partial charge in [0.05, 0.1) is 17.6 Å². The highest BCUT2D eigenvalue weighted by Gasteiger charge is 2.06. The van der Waals surface area contributed by atoms with E-state index in [9.17, 15) is 0 Å². The predicted octanol–water partition coefficient (Wildman–Crippen LogP) is 2.76. The van der Waals surface area contributed by atoms with Crippen molar-refractivity contribution >= 4 is 5.69 Å². The molecule has 3 heteroatoms. The molecule has 1 heterocycles. The summed E-state index contributed by atoms with van der Waals surface area (Å²) in [4.78, 5) is 6.62. The van der Waals surface area contributed by atoms with Gasteiger partial charge in [-0.25, -0.2) is 0 Å². The van der Waals surface area contributed by atoms with E-state index in [-0.39, 0.29) is 0 Å². The van der Waals surface area contributed by atoms with Gasteiger partial charge < -0.3 is 10.2 Å². The number of aromatic nitrogens is 1. The molecule has 0 amide bonds. The van der Waals surface area contributed by atoms with Crippen LogP contribution in [0.5, 0.6) is 0 Å². The molecule has 0 bridgehead atoms. The second-order valence-corrected chi connectivity index (χ2v) is 4.29. The van der Waals surface area contributed by atoms with Crippen LogP contribution in [0, 0.1) is 0 Å². The number of anilines is 1. The van der Waals surface area contributed by atoms with Crippen LogP contribution in [-0.4, -0.2) is 25.1 Å². The molecule has 0 radical (unpaired) electrons. The smallest absolute Gasteiger partial charge is 0.0572 e. The highest BCUT2D eigenvalue weighted by molar-refractivity contribution is 5.44. The average molecular weight is 233 g/mol. The van der Waals surface area contributed by atoms with Crippen molar-refractivity contribution in [2.24, 2.45) is 0 Å². The van der Waals surface area contributed by atoms with Gasteiger partial charge in [0, 0.05) is 19.6 Å². The second kappa shape index (κ2) is 7.07. The van der Waals surface area contributed by atoms with Gasteiger partial charge in [0.15, 0.2) is 0 Å². The Hall–Kier alpha value is -1.35. The third-order valence-corrected chi connectivity index (χ3v) is 2.76. The fourth-order valence-corrected chi connectivity index (χ4v) is 1.64. The first kappa shape index (κ1) is 13.7. The molecule has 0 aromatic carbocycles. The Morgan fingerprint density at radius 1 is 1.53 bits per heavy atom. The van der Waals surface area contributed by atoms with E-state index in [4.69, 9.17) is 0 Å². The fourth-order valence-electron chi connectivity index (χ4n) is 1.64. The lowest BCUT2D eigenvalue weighted by atomic mass is 10.2. The summed E-state index contributed by atoms with van der Waals surface area (Å²) < 4.78 is 0. The third kappa shape index (κ3) is 4.19. The number of pyridine rings is 1. The average Bonchev–Trinajstić information content (AvgIpc) is 2.36. The molecule has 0 aliphatic heterocycles. The SMILES string of the molecule is C=CCN(C)c1ccc(C(C)NCCC)nc1. The molecule has 1 aromatic rings. The van der Waals surface area contributed by atoms with E-state index in [1.807, 2.05) is 19.3 Å². The van der Waals surface area contributed by atoms with Crippen molar-refractivity contribution in [3.63, 3.8) is 0 Å². The summed E-state index contributed by atoms with van der Waals surface area (Å²) in [7, 11) is 2.04. The van der Waals surface area contributed by atoms with E-state index in [2.05, 4.69) is 47.8 Å². The van der Waals surface area contributed by atoms with Crippen molar-refractivity contribution in [3.05, 3.63) is 36.7 Å². The third-order valence-electron chi connectivity index (χ3n) is 2.76. The van der Waals surface area contributed by atoms with Crippen LogP contribution in [0.1, 0.15) is 32.0 Å². The van der Waals surface area contributed by atoms with E-state index in [0.29, 0.717) is 6.04 Å². The van der Waals surface area contributed by atoms with Gasteiger partial charge in [0.2, 0.25) is 0 Å². The van der Waals surface area contributed by atoms with Crippen LogP contribution >= 0.6 is 0 Å². The maximum atomic E-state index is 4.50. The van der Waals surface area contributed by atoms with Crippen LogP contribution < -0.4 is 10.2 Å². The molecule has 1 rings (SSSR count). The Morgan fingerprint density at radius 3 is 2.82 bits per heavy atom. The van der Waals surface area contributed by atoms with Gasteiger partial charge in [-0.05, 0) is 32.0 Å². The number of hydrogen-bond acceptors (Lipinski definition) is 3. The molecular weight excluding hydrogens is 210 g/mol. The zero-order valence-electron chi connectivity index (χ0n) is 11.1. The Kier molecular flexibility index (Phi) is 5.70. The Labute approximate surface area is 105 Å². The summed E-state index contributed by atoms with van der Waals surface area (Å²) >= 11 is 0. The van der Waals surface area contributed by atoms with Gasteiger partial charge in [0.1, 0.15) is 0 Å². The molecule has 3 nitrogen and oxygen atoms in total. The molecule has 17 heavy (non-hydrogen) atoms. The lowest BCUT2D eigenvalue weighted by Gasteiger charge is -2.18. The summed E-state index contributed by atoms with van der Waals surface area (Å²) in [6.45, 7) is 9.91. The topological polar surface area (TPSA) is 28.2 Å². The lowest BCUT2D eigenvalue weighted by molar-refractivity contribution is 0.558. The normalized spacial score (nSPS) is 12.2. The van der Waals surface area contributed by atoms with Crippen LogP contribution in [0.25, 0.3) is 0 Å². The number of hydrogen-bond donors (Lipinski definition) is 1. The van der Waals surface area contributed by atoms with Gasteiger partial charge in [0.25, 0.3) is 0 Å². The van der Waals surface area contributed by atoms with Crippen molar-refractivity contribution < 1.29 is 0 Å². The molecular formula is C14H23N3. The van der Waals surface area contributed by atoms with Crippen LogP contribution in [-0.2, 0) is 0 Å². The quantitative estimate of drug-likeness (QED) is 0.734. The van der Waals surface area contributed by atoms with Crippen molar-refractivity contribution in [2.75, 3.05) is 25.0 Å². The fraction of sp³-hybridized carbons (Fsp3) is 0.500. The Bertz CT molecular complexity index is 332. The zero-order chi connectivity index (χ0) is 12.7. The standard InChI is InChI=1S/C14H23N3/c1-5-9-15-12(3)14-8-7-13(11-16-14)17(4)10-6-2/h6-8,11-12,15H,2,5,9-10H2,1,3-4H3. The van der Waals surface area contributed by atoms with E-state index in [1.54, 1.807) is 0 Å². The van der Waals surface area contributed by atoms with E-state index in [0.717, 1.165) is 30.9 Å². The van der Waals surface area contributed by atoms with Crippen LogP contribution in [0.15, 0.2) is 31.0 Å².